The summed E-state index contributed by atoms with van der Waals surface area (Å²) in [6, 6.07) is -0.542. The van der Waals surface area contributed by atoms with Gasteiger partial charge in [-0.3, -0.25) is 9.59 Å². The van der Waals surface area contributed by atoms with E-state index in [4.69, 9.17) is 4.74 Å². The molecule has 0 radical (unpaired) electrons. The van der Waals surface area contributed by atoms with Gasteiger partial charge in [0, 0.05) is 12.8 Å². The lowest BCUT2D eigenvalue weighted by Crippen LogP contribution is -2.45. The van der Waals surface area contributed by atoms with Crippen LogP contribution in [0.4, 0.5) is 0 Å². The standard InChI is InChI=1S/C79H153NO5/c1-3-5-7-9-11-13-15-17-19-21-23-24-25-27-30-33-36-39-43-47-51-55-59-63-67-71-77(82)76(75-81)80-78(83)72-68-64-60-56-52-48-44-40-37-34-31-28-26-29-32-35-38-42-46-50-54-58-62-66-70-74-85-79(84)73-69-65-61-57-53-49-45-41-22-20-18-16-14-12-10-8-6-4-2/h14,16,20,22,76-77,81-82H,3-13,15,17-19,21,23-75H2,1-2H3,(H,80,83)/b16-14-,22-20-. The highest BCUT2D eigenvalue weighted by atomic mass is 16.5. The van der Waals surface area contributed by atoms with E-state index in [2.05, 4.69) is 43.5 Å². The van der Waals surface area contributed by atoms with Crippen LogP contribution < -0.4 is 5.32 Å². The van der Waals surface area contributed by atoms with E-state index < -0.39 is 12.1 Å². The van der Waals surface area contributed by atoms with Crippen LogP contribution in [-0.2, 0) is 14.3 Å². The van der Waals surface area contributed by atoms with Gasteiger partial charge in [0.2, 0.25) is 5.91 Å². The first kappa shape index (κ1) is 83.3. The molecule has 3 N–H and O–H groups in total. The van der Waals surface area contributed by atoms with Gasteiger partial charge in [-0.25, -0.2) is 0 Å². The highest BCUT2D eigenvalue weighted by molar-refractivity contribution is 5.76. The van der Waals surface area contributed by atoms with E-state index in [1.165, 1.54) is 360 Å². The molecule has 0 bridgehead atoms. The van der Waals surface area contributed by atoms with Gasteiger partial charge in [0.1, 0.15) is 0 Å². The van der Waals surface area contributed by atoms with Crippen LogP contribution >= 0.6 is 0 Å². The maximum absolute atomic E-state index is 12.6. The Labute approximate surface area is 532 Å². The number of aliphatic hydroxyl groups excluding tert-OH is 2. The first-order valence-corrected chi connectivity index (χ1v) is 39.1. The quantitative estimate of drug-likeness (QED) is 0.0320. The van der Waals surface area contributed by atoms with Crippen molar-refractivity contribution in [3.63, 3.8) is 0 Å². The van der Waals surface area contributed by atoms with Crippen LogP contribution in [0.15, 0.2) is 24.3 Å². The Morgan fingerprint density at radius 3 is 0.906 bits per heavy atom. The molecule has 2 atom stereocenters. The zero-order valence-corrected chi connectivity index (χ0v) is 57.9. The summed E-state index contributed by atoms with van der Waals surface area (Å²) in [5.74, 6) is -0.0172. The number of ether oxygens (including phenoxy) is 1. The van der Waals surface area contributed by atoms with Gasteiger partial charge in [-0.15, -0.1) is 0 Å². The normalized spacial score (nSPS) is 12.6. The summed E-state index contributed by atoms with van der Waals surface area (Å²) < 4.78 is 5.51. The molecule has 0 aliphatic rings. The average molecular weight is 1200 g/mol. The SMILES string of the molecule is CCCCCC/C=C\C/C=C\CCCCCCCCCC(=O)OCCCCCCCCCCCCCCCCCCCCCCCCCCCC(=O)NC(CO)C(O)CCCCCCCCCCCCCCCCCCCCCCCCCCC. The topological polar surface area (TPSA) is 95.9 Å². The first-order chi connectivity index (χ1) is 42.0. The molecule has 2 unspecified atom stereocenters. The monoisotopic (exact) mass is 1200 g/mol. The van der Waals surface area contributed by atoms with Crippen LogP contribution in [0.3, 0.4) is 0 Å². The number of hydrogen-bond donors (Lipinski definition) is 3. The van der Waals surface area contributed by atoms with Gasteiger partial charge in [-0.05, 0) is 57.8 Å². The van der Waals surface area contributed by atoms with Crippen molar-refractivity contribution in [2.45, 2.75) is 456 Å². The molecule has 0 aliphatic heterocycles. The number of unbranched alkanes of at least 4 members (excludes halogenated alkanes) is 59. The van der Waals surface area contributed by atoms with Crippen molar-refractivity contribution >= 4 is 11.9 Å². The molecule has 0 aromatic rings. The number of nitrogens with one attached hydrogen (secondary N) is 1. The average Bonchev–Trinajstić information content (AvgIpc) is 3.51. The Hall–Kier alpha value is -1.66. The minimum absolute atomic E-state index is 0.0104. The third kappa shape index (κ3) is 71.3. The molecule has 504 valence electrons. The molecule has 0 rings (SSSR count). The third-order valence-electron chi connectivity index (χ3n) is 18.5. The number of carbonyl (C=O) groups is 2. The maximum atomic E-state index is 12.6. The highest BCUT2D eigenvalue weighted by Crippen LogP contribution is 2.20. The summed E-state index contributed by atoms with van der Waals surface area (Å²) in [4.78, 5) is 24.7. The van der Waals surface area contributed by atoms with Gasteiger partial charge in [0.15, 0.2) is 0 Å². The lowest BCUT2D eigenvalue weighted by Gasteiger charge is -2.22. The number of esters is 1. The van der Waals surface area contributed by atoms with Gasteiger partial charge in [-0.2, -0.15) is 0 Å². The van der Waals surface area contributed by atoms with Crippen molar-refractivity contribution < 1.29 is 24.5 Å². The van der Waals surface area contributed by atoms with Crippen molar-refractivity contribution in [1.82, 2.24) is 5.32 Å². The molecule has 0 aromatic heterocycles. The molecule has 6 heteroatoms. The second-order valence-corrected chi connectivity index (χ2v) is 27.0. The van der Waals surface area contributed by atoms with E-state index in [1.807, 2.05) is 0 Å². The number of amides is 1. The Kier molecular flexibility index (Phi) is 73.3. The summed E-state index contributed by atoms with van der Waals surface area (Å²) in [7, 11) is 0. The molecule has 0 saturated heterocycles. The van der Waals surface area contributed by atoms with E-state index in [-0.39, 0.29) is 18.5 Å². The Morgan fingerprint density at radius 1 is 0.329 bits per heavy atom. The van der Waals surface area contributed by atoms with Crippen LogP contribution in [0.2, 0.25) is 0 Å². The fraction of sp³-hybridized carbons (Fsp3) is 0.924. The van der Waals surface area contributed by atoms with Crippen molar-refractivity contribution in [2.24, 2.45) is 0 Å². The Bertz CT molecular complexity index is 1330. The zero-order chi connectivity index (χ0) is 61.3. The molecular weight excluding hydrogens is 1040 g/mol. The smallest absolute Gasteiger partial charge is 0.305 e. The molecule has 0 aromatic carbocycles. The summed E-state index contributed by atoms with van der Waals surface area (Å²) in [6.07, 6.45) is 95.4. The van der Waals surface area contributed by atoms with Crippen LogP contribution in [0.5, 0.6) is 0 Å². The maximum Gasteiger partial charge on any atom is 0.305 e. The minimum Gasteiger partial charge on any atom is -0.466 e. The lowest BCUT2D eigenvalue weighted by molar-refractivity contribution is -0.143. The van der Waals surface area contributed by atoms with Crippen molar-refractivity contribution in [1.29, 1.82) is 0 Å². The lowest BCUT2D eigenvalue weighted by atomic mass is 10.0. The fourth-order valence-electron chi connectivity index (χ4n) is 12.6. The molecule has 1 amide bonds. The second-order valence-electron chi connectivity index (χ2n) is 27.0. The number of rotatable bonds is 74. The van der Waals surface area contributed by atoms with Gasteiger partial charge < -0.3 is 20.3 Å². The molecule has 0 aliphatic carbocycles. The van der Waals surface area contributed by atoms with Gasteiger partial charge in [-0.1, -0.05) is 398 Å². The number of hydrogen-bond acceptors (Lipinski definition) is 5. The van der Waals surface area contributed by atoms with Crippen molar-refractivity contribution in [2.75, 3.05) is 13.2 Å². The summed E-state index contributed by atoms with van der Waals surface area (Å²) >= 11 is 0. The molecular formula is C79H153NO5. The molecule has 0 saturated carbocycles. The third-order valence-corrected chi connectivity index (χ3v) is 18.5. The predicted octanol–water partition coefficient (Wildman–Crippen LogP) is 25.7. The molecule has 0 heterocycles. The number of carbonyl (C=O) groups excluding carboxylic acids is 2. The van der Waals surface area contributed by atoms with E-state index >= 15 is 0 Å². The summed E-state index contributed by atoms with van der Waals surface area (Å²) in [5.41, 5.74) is 0. The minimum atomic E-state index is -0.665. The van der Waals surface area contributed by atoms with Crippen molar-refractivity contribution in [3.05, 3.63) is 24.3 Å². The van der Waals surface area contributed by atoms with Gasteiger partial charge >= 0.3 is 5.97 Å². The fourth-order valence-corrected chi connectivity index (χ4v) is 12.6. The Morgan fingerprint density at radius 2 is 0.588 bits per heavy atom. The van der Waals surface area contributed by atoms with E-state index in [9.17, 15) is 19.8 Å². The van der Waals surface area contributed by atoms with Gasteiger partial charge in [0.25, 0.3) is 0 Å². The molecule has 85 heavy (non-hydrogen) atoms. The second kappa shape index (κ2) is 74.8. The van der Waals surface area contributed by atoms with Crippen LogP contribution in [0.25, 0.3) is 0 Å². The first-order valence-electron chi connectivity index (χ1n) is 39.1. The number of allylic oxidation sites excluding steroid dienone is 4. The van der Waals surface area contributed by atoms with Crippen LogP contribution in [-0.4, -0.2) is 47.4 Å². The highest BCUT2D eigenvalue weighted by Gasteiger charge is 2.20. The van der Waals surface area contributed by atoms with Crippen LogP contribution in [0, 0.1) is 0 Å². The van der Waals surface area contributed by atoms with E-state index in [0.717, 1.165) is 51.4 Å². The van der Waals surface area contributed by atoms with Crippen LogP contribution in [0.1, 0.15) is 444 Å². The van der Waals surface area contributed by atoms with Gasteiger partial charge in [0.05, 0.1) is 25.4 Å². The summed E-state index contributed by atoms with van der Waals surface area (Å²) in [6.45, 7) is 4.98. The largest absolute Gasteiger partial charge is 0.466 e. The Balaban J connectivity index is 3.36. The predicted molar refractivity (Wildman–Crippen MR) is 375 cm³/mol. The van der Waals surface area contributed by atoms with Crippen molar-refractivity contribution in [3.8, 4) is 0 Å². The molecule has 0 spiro atoms. The summed E-state index contributed by atoms with van der Waals surface area (Å²) in [5, 5.41) is 23.5. The number of aliphatic hydroxyl groups is 2. The molecule has 0 fully saturated rings. The molecule has 6 nitrogen and oxygen atoms in total. The van der Waals surface area contributed by atoms with E-state index in [0.29, 0.717) is 25.9 Å². The zero-order valence-electron chi connectivity index (χ0n) is 57.9. The van der Waals surface area contributed by atoms with E-state index in [1.54, 1.807) is 0 Å².